The van der Waals surface area contributed by atoms with Gasteiger partial charge in [0.05, 0.1) is 6.61 Å². The van der Waals surface area contributed by atoms with Gasteiger partial charge in [0.25, 0.3) is 0 Å². The molecule has 2 aromatic heterocycles. The highest BCUT2D eigenvalue weighted by atomic mass is 32.1. The molecule has 1 unspecified atom stereocenters. The highest BCUT2D eigenvalue weighted by Crippen LogP contribution is 2.36. The Kier molecular flexibility index (Phi) is 5.82. The second-order valence-electron chi connectivity index (χ2n) is 5.58. The predicted octanol–water partition coefficient (Wildman–Crippen LogP) is 5.95. The topological polar surface area (TPSA) is 26.3 Å². The Morgan fingerprint density at radius 3 is 2.62 bits per heavy atom. The fraction of sp³-hybridized carbons (Fsp3) is 0.588. The number of esters is 1. The molecule has 1 atom stereocenters. The molecule has 0 bridgehead atoms. The number of fused-ring (bicyclic) bond motifs is 1. The van der Waals surface area contributed by atoms with Gasteiger partial charge < -0.3 is 4.74 Å². The average Bonchev–Trinajstić information content (AvgIpc) is 3.01. The molecule has 0 saturated carbocycles. The van der Waals surface area contributed by atoms with Gasteiger partial charge in [-0.05, 0) is 32.3 Å². The number of aryl methyl sites for hydroxylation is 2. The first-order valence-electron chi connectivity index (χ1n) is 7.73. The Bertz CT molecular complexity index is 575. The lowest BCUT2D eigenvalue weighted by Crippen LogP contribution is -2.13. The van der Waals surface area contributed by atoms with E-state index < -0.39 is 0 Å². The van der Waals surface area contributed by atoms with Crippen LogP contribution >= 0.6 is 22.7 Å². The summed E-state index contributed by atoms with van der Waals surface area (Å²) in [5, 5.41) is 1.22. The zero-order valence-electron chi connectivity index (χ0n) is 13.3. The van der Waals surface area contributed by atoms with Crippen LogP contribution in [0.3, 0.4) is 0 Å². The SMILES string of the molecule is CCCCC(CC)COC(=O)c1cc2c(C)sc(C)c2s1. The molecule has 0 N–H and O–H groups in total. The van der Waals surface area contributed by atoms with Crippen LogP contribution in [-0.2, 0) is 4.74 Å². The molecule has 4 heteroatoms. The summed E-state index contributed by atoms with van der Waals surface area (Å²) in [6, 6.07) is 1.99. The summed E-state index contributed by atoms with van der Waals surface area (Å²) in [4.78, 5) is 15.5. The van der Waals surface area contributed by atoms with Crippen LogP contribution < -0.4 is 0 Å². The van der Waals surface area contributed by atoms with Gasteiger partial charge in [-0.2, -0.15) is 0 Å². The van der Waals surface area contributed by atoms with Gasteiger partial charge in [0, 0.05) is 19.8 Å². The van der Waals surface area contributed by atoms with Gasteiger partial charge in [-0.25, -0.2) is 4.79 Å². The number of carbonyl (C=O) groups is 1. The van der Waals surface area contributed by atoms with Gasteiger partial charge in [-0.3, -0.25) is 0 Å². The smallest absolute Gasteiger partial charge is 0.348 e. The maximum atomic E-state index is 12.2. The van der Waals surface area contributed by atoms with Gasteiger partial charge in [0.15, 0.2) is 0 Å². The van der Waals surface area contributed by atoms with Crippen molar-refractivity contribution in [2.75, 3.05) is 6.61 Å². The van der Waals surface area contributed by atoms with Crippen LogP contribution in [0.1, 0.15) is 59.0 Å². The van der Waals surface area contributed by atoms with Crippen molar-refractivity contribution >= 4 is 38.7 Å². The van der Waals surface area contributed by atoms with Crippen LogP contribution in [0.4, 0.5) is 0 Å². The number of thiophene rings is 2. The number of ether oxygens (including phenoxy) is 1. The molecule has 21 heavy (non-hydrogen) atoms. The van der Waals surface area contributed by atoms with E-state index in [-0.39, 0.29) is 5.97 Å². The van der Waals surface area contributed by atoms with E-state index in [0.717, 1.165) is 17.7 Å². The zero-order chi connectivity index (χ0) is 15.4. The molecule has 2 rings (SSSR count). The number of hydrogen-bond acceptors (Lipinski definition) is 4. The highest BCUT2D eigenvalue weighted by molar-refractivity contribution is 7.25. The molecule has 0 aromatic carbocycles. The molecule has 0 spiro atoms. The maximum Gasteiger partial charge on any atom is 0.348 e. The van der Waals surface area contributed by atoms with Gasteiger partial charge in [0.2, 0.25) is 0 Å². The molecule has 0 aliphatic heterocycles. The average molecular weight is 325 g/mol. The van der Waals surface area contributed by atoms with Gasteiger partial charge in [-0.1, -0.05) is 33.1 Å². The lowest BCUT2D eigenvalue weighted by atomic mass is 10.0. The quantitative estimate of drug-likeness (QED) is 0.588. The zero-order valence-corrected chi connectivity index (χ0v) is 15.0. The van der Waals surface area contributed by atoms with E-state index >= 15 is 0 Å². The third-order valence-electron chi connectivity index (χ3n) is 3.93. The summed E-state index contributed by atoms with van der Waals surface area (Å²) in [5.41, 5.74) is 0. The molecule has 2 aromatic rings. The molecule has 0 radical (unpaired) electrons. The Labute approximate surface area is 135 Å². The minimum absolute atomic E-state index is 0.157. The Morgan fingerprint density at radius 1 is 1.24 bits per heavy atom. The van der Waals surface area contributed by atoms with E-state index in [4.69, 9.17) is 4.74 Å². The van der Waals surface area contributed by atoms with E-state index in [9.17, 15) is 4.79 Å². The van der Waals surface area contributed by atoms with E-state index in [0.29, 0.717) is 12.5 Å². The number of unbranched alkanes of at least 4 members (excludes halogenated alkanes) is 1. The van der Waals surface area contributed by atoms with Crippen LogP contribution in [0.25, 0.3) is 10.1 Å². The molecular formula is C17H24O2S2. The van der Waals surface area contributed by atoms with Crippen LogP contribution in [-0.4, -0.2) is 12.6 Å². The Balaban J connectivity index is 2.00. The summed E-state index contributed by atoms with van der Waals surface area (Å²) < 4.78 is 6.77. The normalized spacial score (nSPS) is 12.8. The lowest BCUT2D eigenvalue weighted by Gasteiger charge is -2.14. The molecule has 116 valence electrons. The first kappa shape index (κ1) is 16.5. The molecule has 2 heterocycles. The molecule has 0 amide bonds. The summed E-state index contributed by atoms with van der Waals surface area (Å²) in [6.45, 7) is 9.14. The van der Waals surface area contributed by atoms with Crippen molar-refractivity contribution in [2.45, 2.75) is 53.4 Å². The predicted molar refractivity (Wildman–Crippen MR) is 92.8 cm³/mol. The van der Waals surface area contributed by atoms with Crippen molar-refractivity contribution in [3.05, 3.63) is 20.7 Å². The maximum absolute atomic E-state index is 12.2. The van der Waals surface area contributed by atoms with Gasteiger partial charge in [-0.15, -0.1) is 22.7 Å². The van der Waals surface area contributed by atoms with E-state index in [1.54, 1.807) is 22.7 Å². The first-order chi connectivity index (χ1) is 10.1. The van der Waals surface area contributed by atoms with Crippen LogP contribution in [0, 0.1) is 19.8 Å². The monoisotopic (exact) mass is 324 g/mol. The van der Waals surface area contributed by atoms with Crippen molar-refractivity contribution < 1.29 is 9.53 Å². The van der Waals surface area contributed by atoms with Gasteiger partial charge in [0.1, 0.15) is 4.88 Å². The Hall–Kier alpha value is -0.870. The summed E-state index contributed by atoms with van der Waals surface area (Å²) in [7, 11) is 0. The summed E-state index contributed by atoms with van der Waals surface area (Å²) in [5.74, 6) is 0.341. The third kappa shape index (κ3) is 3.86. The van der Waals surface area contributed by atoms with Crippen molar-refractivity contribution in [2.24, 2.45) is 5.92 Å². The molecule has 0 aliphatic carbocycles. The number of carbonyl (C=O) groups excluding carboxylic acids is 1. The molecule has 0 aliphatic rings. The molecular weight excluding hydrogens is 300 g/mol. The van der Waals surface area contributed by atoms with Crippen molar-refractivity contribution in [1.29, 1.82) is 0 Å². The molecule has 0 saturated heterocycles. The summed E-state index contributed by atoms with van der Waals surface area (Å²) >= 11 is 3.36. The second-order valence-corrected chi connectivity index (χ2v) is 8.06. The Morgan fingerprint density at radius 2 is 2.00 bits per heavy atom. The molecule has 0 fully saturated rings. The minimum Gasteiger partial charge on any atom is -0.461 e. The van der Waals surface area contributed by atoms with Crippen molar-refractivity contribution in [1.82, 2.24) is 0 Å². The first-order valence-corrected chi connectivity index (χ1v) is 9.36. The van der Waals surface area contributed by atoms with Crippen LogP contribution in [0.2, 0.25) is 0 Å². The summed E-state index contributed by atoms with van der Waals surface area (Å²) in [6.07, 6.45) is 4.63. The number of hydrogen-bond donors (Lipinski definition) is 0. The standard InChI is InChI=1S/C17H24O2S2/c1-5-7-8-13(6-2)10-19-17(18)15-9-14-11(3)20-12(4)16(14)21-15/h9,13H,5-8,10H2,1-4H3. The van der Waals surface area contributed by atoms with Crippen LogP contribution in [0.15, 0.2) is 6.07 Å². The lowest BCUT2D eigenvalue weighted by molar-refractivity contribution is 0.0434. The molecule has 2 nitrogen and oxygen atoms in total. The van der Waals surface area contributed by atoms with Crippen molar-refractivity contribution in [3.63, 3.8) is 0 Å². The van der Waals surface area contributed by atoms with Gasteiger partial charge >= 0.3 is 5.97 Å². The van der Waals surface area contributed by atoms with E-state index in [1.807, 2.05) is 6.07 Å². The van der Waals surface area contributed by atoms with E-state index in [2.05, 4.69) is 27.7 Å². The third-order valence-corrected chi connectivity index (χ3v) is 6.33. The highest BCUT2D eigenvalue weighted by Gasteiger charge is 2.17. The fourth-order valence-electron chi connectivity index (χ4n) is 2.51. The van der Waals surface area contributed by atoms with Crippen molar-refractivity contribution in [3.8, 4) is 0 Å². The van der Waals surface area contributed by atoms with E-state index in [1.165, 1.54) is 32.7 Å². The fourth-order valence-corrected chi connectivity index (χ4v) is 4.76. The van der Waals surface area contributed by atoms with Crippen LogP contribution in [0.5, 0.6) is 0 Å². The second kappa shape index (κ2) is 7.41. The largest absolute Gasteiger partial charge is 0.461 e. The number of rotatable bonds is 7. The minimum atomic E-state index is -0.157.